The van der Waals surface area contributed by atoms with Crippen molar-refractivity contribution in [1.29, 1.82) is 0 Å². The van der Waals surface area contributed by atoms with Gasteiger partial charge >= 0.3 is 0 Å². The zero-order valence-electron chi connectivity index (χ0n) is 7.31. The lowest BCUT2D eigenvalue weighted by Crippen LogP contribution is -2.19. The van der Waals surface area contributed by atoms with E-state index in [0.717, 1.165) is 25.7 Å². The summed E-state index contributed by atoms with van der Waals surface area (Å²) in [7, 11) is 0. The molecule has 1 fully saturated rings. The second-order valence-electron chi connectivity index (χ2n) is 3.79. The van der Waals surface area contributed by atoms with E-state index in [0.29, 0.717) is 11.7 Å². The summed E-state index contributed by atoms with van der Waals surface area (Å²) in [5.74, 6) is 0.868. The Morgan fingerprint density at radius 3 is 3.00 bits per heavy atom. The molecule has 64 valence electrons. The van der Waals surface area contributed by atoms with Gasteiger partial charge in [0.05, 0.1) is 0 Å². The van der Waals surface area contributed by atoms with Crippen LogP contribution in [0.5, 0.6) is 0 Å². The Labute approximate surface area is 73.2 Å². The molecule has 12 heavy (non-hydrogen) atoms. The highest BCUT2D eigenvalue weighted by molar-refractivity contribution is 5.91. The molecule has 0 amide bonds. The highest BCUT2D eigenvalue weighted by Crippen LogP contribution is 2.38. The Kier molecular flexibility index (Phi) is 1.87. The van der Waals surface area contributed by atoms with Crippen LogP contribution in [0, 0.1) is 5.92 Å². The van der Waals surface area contributed by atoms with Gasteiger partial charge in [-0.3, -0.25) is 4.79 Å². The van der Waals surface area contributed by atoms with Crippen LogP contribution in [0.4, 0.5) is 0 Å². The maximum absolute atomic E-state index is 11.1. The first-order valence-electron chi connectivity index (χ1n) is 4.68. The second-order valence-corrected chi connectivity index (χ2v) is 3.79. The molecule has 0 aromatic carbocycles. The SMILES string of the molecule is C=C1CCCC2=CC(=O)CCC12. The summed E-state index contributed by atoms with van der Waals surface area (Å²) in [5, 5.41) is 0. The molecule has 1 atom stereocenters. The fourth-order valence-electron chi connectivity index (χ4n) is 2.26. The predicted octanol–water partition coefficient (Wildman–Crippen LogP) is 2.63. The number of fused-ring (bicyclic) bond motifs is 1. The molecule has 2 aliphatic rings. The minimum absolute atomic E-state index is 0.316. The first kappa shape index (κ1) is 7.78. The third-order valence-corrected chi connectivity index (χ3v) is 2.93. The Bertz CT molecular complexity index is 260. The summed E-state index contributed by atoms with van der Waals surface area (Å²) in [5.41, 5.74) is 2.70. The zero-order chi connectivity index (χ0) is 8.55. The van der Waals surface area contributed by atoms with Gasteiger partial charge in [0.25, 0.3) is 0 Å². The maximum Gasteiger partial charge on any atom is 0.155 e. The molecule has 1 heteroatoms. The minimum Gasteiger partial charge on any atom is -0.295 e. The van der Waals surface area contributed by atoms with Gasteiger partial charge in [-0.15, -0.1) is 0 Å². The standard InChI is InChI=1S/C11H14O/c1-8-3-2-4-9-7-10(12)5-6-11(8)9/h7,11H,1-6H2. The average Bonchev–Trinajstić information content (AvgIpc) is 2.04. The van der Waals surface area contributed by atoms with Crippen molar-refractivity contribution in [2.45, 2.75) is 32.1 Å². The van der Waals surface area contributed by atoms with Crippen molar-refractivity contribution in [2.75, 3.05) is 0 Å². The van der Waals surface area contributed by atoms with E-state index in [-0.39, 0.29) is 0 Å². The van der Waals surface area contributed by atoms with E-state index in [1.165, 1.54) is 17.6 Å². The van der Waals surface area contributed by atoms with Crippen LogP contribution in [0.15, 0.2) is 23.8 Å². The quantitative estimate of drug-likeness (QED) is 0.500. The van der Waals surface area contributed by atoms with Gasteiger partial charge in [0, 0.05) is 12.3 Å². The van der Waals surface area contributed by atoms with Crippen LogP contribution in [0.1, 0.15) is 32.1 Å². The molecule has 0 aliphatic heterocycles. The fourth-order valence-corrected chi connectivity index (χ4v) is 2.26. The number of rotatable bonds is 0. The molecule has 0 aromatic rings. The van der Waals surface area contributed by atoms with Crippen LogP contribution in [-0.2, 0) is 4.79 Å². The van der Waals surface area contributed by atoms with Crippen LogP contribution in [-0.4, -0.2) is 5.78 Å². The lowest BCUT2D eigenvalue weighted by molar-refractivity contribution is -0.115. The van der Waals surface area contributed by atoms with E-state index in [2.05, 4.69) is 6.58 Å². The highest BCUT2D eigenvalue weighted by Gasteiger charge is 2.26. The number of ketones is 1. The number of hydrogen-bond donors (Lipinski definition) is 0. The van der Waals surface area contributed by atoms with Gasteiger partial charge in [0.2, 0.25) is 0 Å². The van der Waals surface area contributed by atoms with Crippen molar-refractivity contribution < 1.29 is 4.79 Å². The van der Waals surface area contributed by atoms with Gasteiger partial charge in [-0.1, -0.05) is 17.7 Å². The Hall–Kier alpha value is -0.850. The van der Waals surface area contributed by atoms with E-state index in [1.54, 1.807) is 0 Å². The van der Waals surface area contributed by atoms with Gasteiger partial charge in [-0.2, -0.15) is 0 Å². The highest BCUT2D eigenvalue weighted by atomic mass is 16.1. The zero-order valence-corrected chi connectivity index (χ0v) is 7.31. The first-order chi connectivity index (χ1) is 5.77. The minimum atomic E-state index is 0.316. The third-order valence-electron chi connectivity index (χ3n) is 2.93. The summed E-state index contributed by atoms with van der Waals surface area (Å²) in [6, 6.07) is 0. The monoisotopic (exact) mass is 162 g/mol. The van der Waals surface area contributed by atoms with Crippen molar-refractivity contribution in [2.24, 2.45) is 5.92 Å². The molecule has 0 spiro atoms. The molecule has 2 rings (SSSR count). The largest absolute Gasteiger partial charge is 0.295 e. The van der Waals surface area contributed by atoms with Crippen molar-refractivity contribution in [3.63, 3.8) is 0 Å². The molecular formula is C11H14O. The van der Waals surface area contributed by atoms with Crippen LogP contribution in [0.25, 0.3) is 0 Å². The average molecular weight is 162 g/mol. The lowest BCUT2D eigenvalue weighted by atomic mass is 9.75. The first-order valence-corrected chi connectivity index (χ1v) is 4.68. The summed E-state index contributed by atoms with van der Waals surface area (Å²) in [6.45, 7) is 4.07. The van der Waals surface area contributed by atoms with Gasteiger partial charge < -0.3 is 0 Å². The van der Waals surface area contributed by atoms with Gasteiger partial charge in [0.15, 0.2) is 5.78 Å². The van der Waals surface area contributed by atoms with E-state index in [1.807, 2.05) is 6.08 Å². The van der Waals surface area contributed by atoms with Gasteiger partial charge in [-0.25, -0.2) is 0 Å². The van der Waals surface area contributed by atoms with E-state index < -0.39 is 0 Å². The van der Waals surface area contributed by atoms with E-state index >= 15 is 0 Å². The number of carbonyl (C=O) groups excluding carboxylic acids is 1. The molecule has 0 bridgehead atoms. The Balaban J connectivity index is 2.26. The number of carbonyl (C=O) groups is 1. The molecule has 0 heterocycles. The van der Waals surface area contributed by atoms with Gasteiger partial charge in [0.1, 0.15) is 0 Å². The molecule has 0 saturated heterocycles. The van der Waals surface area contributed by atoms with Crippen LogP contribution in [0.2, 0.25) is 0 Å². The van der Waals surface area contributed by atoms with Crippen molar-refractivity contribution in [1.82, 2.24) is 0 Å². The third kappa shape index (κ3) is 1.24. The summed E-state index contributed by atoms with van der Waals surface area (Å²) < 4.78 is 0. The smallest absolute Gasteiger partial charge is 0.155 e. The summed E-state index contributed by atoms with van der Waals surface area (Å²) >= 11 is 0. The van der Waals surface area contributed by atoms with Crippen molar-refractivity contribution >= 4 is 5.78 Å². The Morgan fingerprint density at radius 2 is 2.17 bits per heavy atom. The van der Waals surface area contributed by atoms with E-state index in [4.69, 9.17) is 0 Å². The molecule has 0 N–H and O–H groups in total. The molecular weight excluding hydrogens is 148 g/mol. The lowest BCUT2D eigenvalue weighted by Gasteiger charge is -2.30. The normalized spacial score (nSPS) is 29.7. The topological polar surface area (TPSA) is 17.1 Å². The molecule has 0 radical (unpaired) electrons. The van der Waals surface area contributed by atoms with Crippen LogP contribution in [0.3, 0.4) is 0 Å². The number of allylic oxidation sites excluding steroid dienone is 3. The maximum atomic E-state index is 11.1. The molecule has 2 aliphatic carbocycles. The van der Waals surface area contributed by atoms with Crippen molar-refractivity contribution in [3.8, 4) is 0 Å². The Morgan fingerprint density at radius 1 is 1.33 bits per heavy atom. The van der Waals surface area contributed by atoms with Gasteiger partial charge in [-0.05, 0) is 31.8 Å². The summed E-state index contributed by atoms with van der Waals surface area (Å²) in [4.78, 5) is 11.1. The molecule has 1 nitrogen and oxygen atoms in total. The molecule has 1 unspecified atom stereocenters. The summed E-state index contributed by atoms with van der Waals surface area (Å²) in [6.07, 6.45) is 7.08. The predicted molar refractivity (Wildman–Crippen MR) is 48.8 cm³/mol. The van der Waals surface area contributed by atoms with Crippen LogP contribution >= 0.6 is 0 Å². The number of hydrogen-bond acceptors (Lipinski definition) is 1. The van der Waals surface area contributed by atoms with Crippen molar-refractivity contribution in [3.05, 3.63) is 23.8 Å². The van der Waals surface area contributed by atoms with E-state index in [9.17, 15) is 4.79 Å². The van der Waals surface area contributed by atoms with Crippen LogP contribution < -0.4 is 0 Å². The molecule has 1 saturated carbocycles. The second kappa shape index (κ2) is 2.89. The fraction of sp³-hybridized carbons (Fsp3) is 0.545. The molecule has 0 aromatic heterocycles.